The number of nitrogens with zero attached hydrogens (tertiary/aromatic N) is 2. The van der Waals surface area contributed by atoms with Crippen LogP contribution < -0.4 is 5.32 Å². The van der Waals surface area contributed by atoms with Crippen LogP contribution >= 0.6 is 0 Å². The molecule has 0 radical (unpaired) electrons. The van der Waals surface area contributed by atoms with E-state index in [1.807, 2.05) is 17.8 Å². The fraction of sp³-hybridized carbons (Fsp3) is 0.727. The van der Waals surface area contributed by atoms with Crippen molar-refractivity contribution in [2.75, 3.05) is 6.61 Å². The van der Waals surface area contributed by atoms with Gasteiger partial charge in [-0.05, 0) is 12.8 Å². The lowest BCUT2D eigenvalue weighted by molar-refractivity contribution is 0.224. The van der Waals surface area contributed by atoms with Gasteiger partial charge in [0.1, 0.15) is 5.82 Å². The van der Waals surface area contributed by atoms with Crippen molar-refractivity contribution >= 4 is 0 Å². The van der Waals surface area contributed by atoms with Gasteiger partial charge < -0.3 is 15.0 Å². The summed E-state index contributed by atoms with van der Waals surface area (Å²) in [5.41, 5.74) is 0. The fourth-order valence-corrected chi connectivity index (χ4v) is 1.67. The molecule has 0 saturated heterocycles. The van der Waals surface area contributed by atoms with E-state index < -0.39 is 0 Å². The summed E-state index contributed by atoms with van der Waals surface area (Å²) in [6.07, 6.45) is 5.65. The maximum absolute atomic E-state index is 9.15. The molecule has 15 heavy (non-hydrogen) atoms. The summed E-state index contributed by atoms with van der Waals surface area (Å²) in [5, 5.41) is 12.6. The Morgan fingerprint density at radius 2 is 2.20 bits per heavy atom. The second kappa shape index (κ2) is 5.88. The second-order valence-electron chi connectivity index (χ2n) is 3.81. The molecule has 0 fully saturated rings. The molecule has 1 rings (SSSR count). The highest BCUT2D eigenvalue weighted by molar-refractivity contribution is 4.99. The smallest absolute Gasteiger partial charge is 0.125 e. The maximum Gasteiger partial charge on any atom is 0.125 e. The number of aliphatic hydroxyl groups excluding tert-OH is 1. The lowest BCUT2D eigenvalue weighted by Crippen LogP contribution is -2.36. The molecule has 0 aromatic carbocycles. The van der Waals surface area contributed by atoms with Gasteiger partial charge in [-0.3, -0.25) is 0 Å². The Morgan fingerprint density at radius 3 is 2.60 bits per heavy atom. The van der Waals surface area contributed by atoms with Gasteiger partial charge in [0.2, 0.25) is 0 Å². The molecule has 0 aliphatic carbocycles. The van der Waals surface area contributed by atoms with Crippen LogP contribution in [0.4, 0.5) is 0 Å². The van der Waals surface area contributed by atoms with Crippen LogP contribution in [0, 0.1) is 0 Å². The number of nitrogens with one attached hydrogen (secondary N) is 1. The molecule has 1 aromatic heterocycles. The van der Waals surface area contributed by atoms with E-state index in [2.05, 4.69) is 24.1 Å². The molecule has 4 nitrogen and oxygen atoms in total. The lowest BCUT2D eigenvalue weighted by Gasteiger charge is -2.22. The maximum atomic E-state index is 9.15. The van der Waals surface area contributed by atoms with Crippen molar-refractivity contribution in [1.29, 1.82) is 0 Å². The van der Waals surface area contributed by atoms with Crippen LogP contribution in [0.25, 0.3) is 0 Å². The van der Waals surface area contributed by atoms with E-state index in [1.165, 1.54) is 0 Å². The third-order valence-corrected chi connectivity index (χ3v) is 2.73. The minimum absolute atomic E-state index is 0.159. The van der Waals surface area contributed by atoms with Crippen LogP contribution in [-0.2, 0) is 7.05 Å². The number of aromatic nitrogens is 2. The van der Waals surface area contributed by atoms with Gasteiger partial charge in [-0.2, -0.15) is 0 Å². The van der Waals surface area contributed by atoms with Gasteiger partial charge in [-0.25, -0.2) is 4.98 Å². The Bertz CT molecular complexity index is 281. The van der Waals surface area contributed by atoms with E-state index >= 15 is 0 Å². The largest absolute Gasteiger partial charge is 0.395 e. The highest BCUT2D eigenvalue weighted by Gasteiger charge is 2.16. The third-order valence-electron chi connectivity index (χ3n) is 2.73. The molecule has 0 spiro atoms. The van der Waals surface area contributed by atoms with Crippen molar-refractivity contribution in [2.24, 2.45) is 7.05 Å². The Hall–Kier alpha value is -0.870. The summed E-state index contributed by atoms with van der Waals surface area (Å²) in [4.78, 5) is 4.33. The normalized spacial score (nSPS) is 15.2. The Morgan fingerprint density at radius 1 is 1.47 bits per heavy atom. The first-order valence-electron chi connectivity index (χ1n) is 5.57. The molecule has 0 aliphatic rings. The molecule has 1 unspecified atom stereocenters. The standard InChI is InChI=1S/C11H21N3O/c1-4-9(8-15)13-10(5-2)11-12-6-7-14(11)3/h6-7,9-10,13,15H,4-5,8H2,1-3H3/t9-,10?/m1/s1. The first-order valence-corrected chi connectivity index (χ1v) is 5.57. The molecule has 1 aromatic rings. The second-order valence-corrected chi connectivity index (χ2v) is 3.81. The van der Waals surface area contributed by atoms with Crippen LogP contribution in [0.3, 0.4) is 0 Å². The highest BCUT2D eigenvalue weighted by atomic mass is 16.3. The number of hydrogen-bond donors (Lipinski definition) is 2. The molecule has 4 heteroatoms. The summed E-state index contributed by atoms with van der Waals surface area (Å²) >= 11 is 0. The number of aliphatic hydroxyl groups is 1. The predicted octanol–water partition coefficient (Wildman–Crippen LogP) is 1.23. The number of hydrogen-bond acceptors (Lipinski definition) is 3. The Kier molecular flexibility index (Phi) is 4.78. The Labute approximate surface area is 91.3 Å². The number of aryl methyl sites for hydroxylation is 1. The van der Waals surface area contributed by atoms with Crippen molar-refractivity contribution in [1.82, 2.24) is 14.9 Å². The van der Waals surface area contributed by atoms with Crippen molar-refractivity contribution in [3.8, 4) is 0 Å². The first kappa shape index (κ1) is 12.2. The summed E-state index contributed by atoms with van der Waals surface area (Å²) in [6.45, 7) is 4.37. The molecule has 2 atom stereocenters. The number of imidazole rings is 1. The molecule has 1 heterocycles. The van der Waals surface area contributed by atoms with E-state index in [1.54, 1.807) is 6.20 Å². The van der Waals surface area contributed by atoms with Crippen LogP contribution in [0.2, 0.25) is 0 Å². The third kappa shape index (κ3) is 3.04. The van der Waals surface area contributed by atoms with E-state index in [4.69, 9.17) is 5.11 Å². The molecule has 0 saturated carbocycles. The van der Waals surface area contributed by atoms with E-state index in [-0.39, 0.29) is 18.7 Å². The van der Waals surface area contributed by atoms with Gasteiger partial charge in [0.25, 0.3) is 0 Å². The summed E-state index contributed by atoms with van der Waals surface area (Å²) < 4.78 is 2.02. The van der Waals surface area contributed by atoms with Gasteiger partial charge in [0.05, 0.1) is 12.6 Å². The van der Waals surface area contributed by atoms with Gasteiger partial charge in [0.15, 0.2) is 0 Å². The van der Waals surface area contributed by atoms with Gasteiger partial charge in [0, 0.05) is 25.5 Å². The summed E-state index contributed by atoms with van der Waals surface area (Å²) in [7, 11) is 1.99. The monoisotopic (exact) mass is 211 g/mol. The van der Waals surface area contributed by atoms with Crippen LogP contribution in [0.1, 0.15) is 38.6 Å². The zero-order chi connectivity index (χ0) is 11.3. The average Bonchev–Trinajstić information content (AvgIpc) is 2.67. The SMILES string of the molecule is CCC(N[C@H](CC)CO)c1nccn1C. The van der Waals surface area contributed by atoms with E-state index in [0.29, 0.717) is 0 Å². The average molecular weight is 211 g/mol. The van der Waals surface area contributed by atoms with E-state index in [9.17, 15) is 0 Å². The number of rotatable bonds is 6. The fourth-order valence-electron chi connectivity index (χ4n) is 1.67. The van der Waals surface area contributed by atoms with Crippen molar-refractivity contribution in [2.45, 2.75) is 38.8 Å². The summed E-state index contributed by atoms with van der Waals surface area (Å²) in [5.74, 6) is 1.03. The Balaban J connectivity index is 2.68. The minimum Gasteiger partial charge on any atom is -0.395 e. The van der Waals surface area contributed by atoms with Crippen LogP contribution in [-0.4, -0.2) is 27.3 Å². The highest BCUT2D eigenvalue weighted by Crippen LogP contribution is 2.14. The van der Waals surface area contributed by atoms with Gasteiger partial charge in [-0.1, -0.05) is 13.8 Å². The lowest BCUT2D eigenvalue weighted by atomic mass is 10.1. The predicted molar refractivity (Wildman–Crippen MR) is 60.5 cm³/mol. The summed E-state index contributed by atoms with van der Waals surface area (Å²) in [6, 6.07) is 0.383. The molecular weight excluding hydrogens is 190 g/mol. The van der Waals surface area contributed by atoms with Gasteiger partial charge in [-0.15, -0.1) is 0 Å². The van der Waals surface area contributed by atoms with Gasteiger partial charge >= 0.3 is 0 Å². The molecule has 2 N–H and O–H groups in total. The molecule has 0 bridgehead atoms. The quantitative estimate of drug-likeness (QED) is 0.744. The first-order chi connectivity index (χ1) is 7.22. The molecule has 0 aliphatic heterocycles. The van der Waals surface area contributed by atoms with Crippen LogP contribution in [0.5, 0.6) is 0 Å². The van der Waals surface area contributed by atoms with E-state index in [0.717, 1.165) is 18.7 Å². The zero-order valence-electron chi connectivity index (χ0n) is 9.77. The minimum atomic E-state index is 0.159. The molecule has 86 valence electrons. The van der Waals surface area contributed by atoms with Crippen molar-refractivity contribution < 1.29 is 5.11 Å². The molecule has 0 amide bonds. The topological polar surface area (TPSA) is 50.1 Å². The van der Waals surface area contributed by atoms with Crippen molar-refractivity contribution in [3.05, 3.63) is 18.2 Å². The van der Waals surface area contributed by atoms with Crippen LogP contribution in [0.15, 0.2) is 12.4 Å². The van der Waals surface area contributed by atoms with Crippen molar-refractivity contribution in [3.63, 3.8) is 0 Å². The zero-order valence-corrected chi connectivity index (χ0v) is 9.77. The molecular formula is C11H21N3O.